The highest BCUT2D eigenvalue weighted by Gasteiger charge is 2.25. The maximum Gasteiger partial charge on any atom is 0.319 e. The Morgan fingerprint density at radius 3 is 2.33 bits per heavy atom. The van der Waals surface area contributed by atoms with Crippen LogP contribution < -0.4 is 16.0 Å². The van der Waals surface area contributed by atoms with Crippen molar-refractivity contribution in [3.05, 3.63) is 60.2 Å². The van der Waals surface area contributed by atoms with Gasteiger partial charge in [0.25, 0.3) is 0 Å². The Hall–Kier alpha value is -3.77. The van der Waals surface area contributed by atoms with Gasteiger partial charge in [0, 0.05) is 11.3 Å². The molecule has 0 saturated heterocycles. The molecule has 1 aromatic heterocycles. The molecule has 1 atom stereocenters. The van der Waals surface area contributed by atoms with E-state index in [0.717, 1.165) is 5.56 Å². The van der Waals surface area contributed by atoms with E-state index in [1.165, 1.54) is 11.3 Å². The molecule has 3 amide bonds. The fraction of sp³-hybridized carbons (Fsp3) is 0.190. The number of benzene rings is 2. The Labute approximate surface area is 178 Å². The minimum absolute atomic E-state index is 0.154. The molecule has 30 heavy (non-hydrogen) atoms. The number of rotatable bonds is 6. The molecule has 1 unspecified atom stereocenters. The Morgan fingerprint density at radius 1 is 1.00 bits per heavy atom. The molecule has 0 aliphatic carbocycles. The van der Waals surface area contributed by atoms with Gasteiger partial charge in [0.05, 0.1) is 11.6 Å². The number of aromatic nitrogens is 2. The quantitative estimate of drug-likeness (QED) is 0.559. The monoisotopic (exact) mass is 420 g/mol. The van der Waals surface area contributed by atoms with Gasteiger partial charge >= 0.3 is 6.03 Å². The van der Waals surface area contributed by atoms with Gasteiger partial charge in [-0.1, -0.05) is 55.5 Å². The van der Waals surface area contributed by atoms with Crippen LogP contribution in [0.2, 0.25) is 0 Å². The molecule has 0 radical (unpaired) electrons. The molecular formula is C21H20N6O2S. The van der Waals surface area contributed by atoms with Crippen molar-refractivity contribution < 1.29 is 9.59 Å². The first-order valence-corrected chi connectivity index (χ1v) is 10.1. The number of amides is 3. The molecule has 3 N–H and O–H groups in total. The van der Waals surface area contributed by atoms with Crippen LogP contribution >= 0.6 is 11.3 Å². The zero-order valence-electron chi connectivity index (χ0n) is 16.4. The summed E-state index contributed by atoms with van der Waals surface area (Å²) in [7, 11) is 0. The summed E-state index contributed by atoms with van der Waals surface area (Å²) in [6.45, 7) is 3.67. The average Bonchev–Trinajstić information content (AvgIpc) is 3.21. The number of hydrogen-bond donors (Lipinski definition) is 3. The van der Waals surface area contributed by atoms with Crippen LogP contribution in [0.1, 0.15) is 19.4 Å². The molecule has 0 aliphatic rings. The molecule has 0 bridgehead atoms. The summed E-state index contributed by atoms with van der Waals surface area (Å²) in [6.07, 6.45) is 0. The van der Waals surface area contributed by atoms with Crippen LogP contribution in [0.3, 0.4) is 0 Å². The molecule has 3 rings (SSSR count). The number of anilines is 2. The number of nitrogens with zero attached hydrogens (tertiary/aromatic N) is 3. The Kier molecular flexibility index (Phi) is 6.72. The van der Waals surface area contributed by atoms with Crippen molar-refractivity contribution in [1.82, 2.24) is 15.5 Å². The summed E-state index contributed by atoms with van der Waals surface area (Å²) in [4.78, 5) is 25.1. The largest absolute Gasteiger partial charge is 0.326 e. The standard InChI is InChI=1S/C21H20N6O2S/c1-13(2)17(24-20(29)23-16-10-8-14(12-22)9-11-16)18(28)25-21-27-26-19(30-21)15-6-4-3-5-7-15/h3-11,13,17H,1-2H3,(H2,23,24,29)(H,25,27,28). The summed E-state index contributed by atoms with van der Waals surface area (Å²) in [5, 5.41) is 26.1. The van der Waals surface area contributed by atoms with Crippen molar-refractivity contribution in [3.63, 3.8) is 0 Å². The Bertz CT molecular complexity index is 1060. The Balaban J connectivity index is 1.62. The van der Waals surface area contributed by atoms with E-state index in [-0.39, 0.29) is 11.8 Å². The lowest BCUT2D eigenvalue weighted by molar-refractivity contribution is -0.118. The third-order valence-corrected chi connectivity index (χ3v) is 5.07. The van der Waals surface area contributed by atoms with Crippen molar-refractivity contribution in [1.29, 1.82) is 5.26 Å². The molecule has 3 aromatic rings. The van der Waals surface area contributed by atoms with E-state index in [0.29, 0.717) is 21.4 Å². The molecule has 152 valence electrons. The van der Waals surface area contributed by atoms with E-state index in [2.05, 4.69) is 26.1 Å². The maximum atomic E-state index is 12.7. The van der Waals surface area contributed by atoms with Gasteiger partial charge in [-0.15, -0.1) is 10.2 Å². The molecule has 2 aromatic carbocycles. The SMILES string of the molecule is CC(C)C(NC(=O)Nc1ccc(C#N)cc1)C(=O)Nc1nnc(-c2ccccc2)s1. The van der Waals surface area contributed by atoms with E-state index < -0.39 is 12.1 Å². The summed E-state index contributed by atoms with van der Waals surface area (Å²) in [5.74, 6) is -0.533. The normalized spacial score (nSPS) is 11.4. The second-order valence-corrected chi connectivity index (χ2v) is 7.75. The number of nitriles is 1. The summed E-state index contributed by atoms with van der Waals surface area (Å²) >= 11 is 1.26. The zero-order chi connectivity index (χ0) is 21.5. The van der Waals surface area contributed by atoms with Gasteiger partial charge in [0.1, 0.15) is 11.0 Å². The second-order valence-electron chi connectivity index (χ2n) is 6.78. The lowest BCUT2D eigenvalue weighted by Gasteiger charge is -2.21. The predicted molar refractivity (Wildman–Crippen MR) is 116 cm³/mol. The number of carbonyl (C=O) groups excluding carboxylic acids is 2. The third-order valence-electron chi connectivity index (χ3n) is 4.18. The van der Waals surface area contributed by atoms with E-state index in [1.807, 2.05) is 50.2 Å². The van der Waals surface area contributed by atoms with Gasteiger partial charge in [-0.05, 0) is 30.2 Å². The minimum Gasteiger partial charge on any atom is -0.326 e. The van der Waals surface area contributed by atoms with Gasteiger partial charge in [0.2, 0.25) is 11.0 Å². The van der Waals surface area contributed by atoms with E-state index in [9.17, 15) is 9.59 Å². The smallest absolute Gasteiger partial charge is 0.319 e. The van der Waals surface area contributed by atoms with Crippen molar-refractivity contribution >= 4 is 34.1 Å². The van der Waals surface area contributed by atoms with E-state index in [1.54, 1.807) is 24.3 Å². The van der Waals surface area contributed by atoms with Gasteiger partial charge in [-0.3, -0.25) is 10.1 Å². The summed E-state index contributed by atoms with van der Waals surface area (Å²) in [6, 6.07) is 16.7. The second kappa shape index (κ2) is 9.62. The molecular weight excluding hydrogens is 400 g/mol. The fourth-order valence-electron chi connectivity index (χ4n) is 2.63. The molecule has 0 fully saturated rings. The molecule has 0 saturated carbocycles. The molecule has 8 nitrogen and oxygen atoms in total. The van der Waals surface area contributed by atoms with E-state index >= 15 is 0 Å². The molecule has 1 heterocycles. The Morgan fingerprint density at radius 2 is 1.70 bits per heavy atom. The van der Waals surface area contributed by atoms with Crippen LogP contribution in [0.25, 0.3) is 10.6 Å². The number of carbonyl (C=O) groups is 2. The van der Waals surface area contributed by atoms with Crippen LogP contribution in [0.5, 0.6) is 0 Å². The number of hydrogen-bond acceptors (Lipinski definition) is 6. The topological polar surface area (TPSA) is 120 Å². The van der Waals surface area contributed by atoms with Crippen LogP contribution in [0, 0.1) is 17.2 Å². The van der Waals surface area contributed by atoms with Crippen LogP contribution in [-0.4, -0.2) is 28.2 Å². The molecule has 9 heteroatoms. The highest BCUT2D eigenvalue weighted by Crippen LogP contribution is 2.26. The first-order valence-electron chi connectivity index (χ1n) is 9.23. The van der Waals surface area contributed by atoms with Gasteiger partial charge in [-0.2, -0.15) is 5.26 Å². The summed E-state index contributed by atoms with van der Waals surface area (Å²) in [5.41, 5.74) is 1.93. The number of urea groups is 1. The zero-order valence-corrected chi connectivity index (χ0v) is 17.2. The van der Waals surface area contributed by atoms with Crippen LogP contribution in [0.15, 0.2) is 54.6 Å². The fourth-order valence-corrected chi connectivity index (χ4v) is 3.38. The first-order chi connectivity index (χ1) is 14.5. The van der Waals surface area contributed by atoms with Gasteiger partial charge < -0.3 is 10.6 Å². The minimum atomic E-state index is -0.771. The average molecular weight is 420 g/mol. The lowest BCUT2D eigenvalue weighted by atomic mass is 10.0. The highest BCUT2D eigenvalue weighted by atomic mass is 32.1. The van der Waals surface area contributed by atoms with Crippen LogP contribution in [-0.2, 0) is 4.79 Å². The maximum absolute atomic E-state index is 12.7. The van der Waals surface area contributed by atoms with Crippen molar-refractivity contribution in [2.45, 2.75) is 19.9 Å². The number of nitrogens with one attached hydrogen (secondary N) is 3. The van der Waals surface area contributed by atoms with Crippen LogP contribution in [0.4, 0.5) is 15.6 Å². The van der Waals surface area contributed by atoms with Crippen molar-refractivity contribution in [2.24, 2.45) is 5.92 Å². The predicted octanol–water partition coefficient (Wildman–Crippen LogP) is 3.86. The molecule has 0 spiro atoms. The van der Waals surface area contributed by atoms with Crippen molar-refractivity contribution in [2.75, 3.05) is 10.6 Å². The highest BCUT2D eigenvalue weighted by molar-refractivity contribution is 7.18. The first kappa shape index (κ1) is 21.0. The molecule has 0 aliphatic heterocycles. The summed E-state index contributed by atoms with van der Waals surface area (Å²) < 4.78 is 0. The third kappa shape index (κ3) is 5.40. The lowest BCUT2D eigenvalue weighted by Crippen LogP contribution is -2.48. The van der Waals surface area contributed by atoms with Gasteiger partial charge in [0.15, 0.2) is 0 Å². The van der Waals surface area contributed by atoms with Gasteiger partial charge in [-0.25, -0.2) is 4.79 Å². The van der Waals surface area contributed by atoms with E-state index in [4.69, 9.17) is 5.26 Å². The van der Waals surface area contributed by atoms with Crippen molar-refractivity contribution in [3.8, 4) is 16.6 Å².